The SMILES string of the molecule is CC(=O)OC1CC[C@@H](C)C2CCC3=C(CC[C@]4(C)[C@@H]([C@H](C)CCCC(C)C)CC[C@@H]34)[C@@]12C. The van der Waals surface area contributed by atoms with Crippen LogP contribution in [0.1, 0.15) is 119 Å². The van der Waals surface area contributed by atoms with Gasteiger partial charge in [-0.25, -0.2) is 0 Å². The highest BCUT2D eigenvalue weighted by Gasteiger charge is 2.59. The number of ether oxygens (including phenoxy) is 1. The zero-order valence-electron chi connectivity index (χ0n) is 22.1. The van der Waals surface area contributed by atoms with E-state index in [2.05, 4.69) is 41.5 Å². The number of allylic oxidation sites excluding steroid dienone is 1. The molecule has 4 aliphatic carbocycles. The average Bonchev–Trinajstić information content (AvgIpc) is 3.07. The molecule has 0 amide bonds. The van der Waals surface area contributed by atoms with E-state index in [1.54, 1.807) is 12.5 Å². The smallest absolute Gasteiger partial charge is 0.302 e. The summed E-state index contributed by atoms with van der Waals surface area (Å²) in [4.78, 5) is 12.0. The molecule has 2 unspecified atom stereocenters. The first kappa shape index (κ1) is 24.3. The Labute approximate surface area is 198 Å². The molecule has 0 spiro atoms. The lowest BCUT2D eigenvalue weighted by atomic mass is 9.48. The fourth-order valence-electron chi connectivity index (χ4n) is 9.33. The van der Waals surface area contributed by atoms with Gasteiger partial charge in [0.05, 0.1) is 0 Å². The standard InChI is InChI=1S/C30H50O2/c1-19(2)9-8-10-20(3)24-14-15-26-23-12-13-25-21(4)11-16-28(32-22(5)31)30(25,7)27(23)17-18-29(24,26)6/h19-21,24-26,28H,8-18H2,1-7H3/t20-,21-,24-,25?,26+,28?,29-,30+/m1/s1. The van der Waals surface area contributed by atoms with Crippen molar-refractivity contribution in [2.75, 3.05) is 0 Å². The molecule has 2 fully saturated rings. The third-order valence-electron chi connectivity index (χ3n) is 11.0. The quantitative estimate of drug-likeness (QED) is 0.305. The molecule has 2 saturated carbocycles. The summed E-state index contributed by atoms with van der Waals surface area (Å²) in [6.45, 7) is 16.5. The Morgan fingerprint density at radius 3 is 2.47 bits per heavy atom. The van der Waals surface area contributed by atoms with Gasteiger partial charge in [-0.2, -0.15) is 0 Å². The van der Waals surface area contributed by atoms with Crippen LogP contribution < -0.4 is 0 Å². The summed E-state index contributed by atoms with van der Waals surface area (Å²) in [5, 5.41) is 0. The molecule has 0 bridgehead atoms. The van der Waals surface area contributed by atoms with E-state index in [-0.39, 0.29) is 17.5 Å². The van der Waals surface area contributed by atoms with Crippen molar-refractivity contribution >= 4 is 5.97 Å². The topological polar surface area (TPSA) is 26.3 Å². The van der Waals surface area contributed by atoms with Crippen LogP contribution in [0.3, 0.4) is 0 Å². The van der Waals surface area contributed by atoms with Crippen LogP contribution in [0.25, 0.3) is 0 Å². The molecule has 182 valence electrons. The molecule has 4 rings (SSSR count). The van der Waals surface area contributed by atoms with Crippen molar-refractivity contribution in [3.8, 4) is 0 Å². The molecule has 0 heterocycles. The molecule has 8 atom stereocenters. The van der Waals surface area contributed by atoms with Gasteiger partial charge in [0.25, 0.3) is 0 Å². The van der Waals surface area contributed by atoms with Gasteiger partial charge in [0, 0.05) is 12.3 Å². The van der Waals surface area contributed by atoms with Gasteiger partial charge in [-0.05, 0) is 92.3 Å². The van der Waals surface area contributed by atoms with Crippen LogP contribution in [0.2, 0.25) is 0 Å². The normalized spacial score (nSPS) is 42.3. The van der Waals surface area contributed by atoms with E-state index >= 15 is 0 Å². The summed E-state index contributed by atoms with van der Waals surface area (Å²) >= 11 is 0. The maximum Gasteiger partial charge on any atom is 0.302 e. The lowest BCUT2D eigenvalue weighted by molar-refractivity contribution is -0.161. The highest BCUT2D eigenvalue weighted by atomic mass is 16.5. The van der Waals surface area contributed by atoms with Crippen LogP contribution >= 0.6 is 0 Å². The second-order valence-corrected chi connectivity index (χ2v) is 13.1. The van der Waals surface area contributed by atoms with E-state index in [4.69, 9.17) is 4.74 Å². The van der Waals surface area contributed by atoms with E-state index in [1.807, 2.05) is 5.57 Å². The molecule has 2 nitrogen and oxygen atoms in total. The summed E-state index contributed by atoms with van der Waals surface area (Å²) in [5.41, 5.74) is 4.11. The maximum absolute atomic E-state index is 12.0. The van der Waals surface area contributed by atoms with Gasteiger partial charge in [0.2, 0.25) is 0 Å². The van der Waals surface area contributed by atoms with Crippen molar-refractivity contribution in [2.45, 2.75) is 125 Å². The number of rotatable bonds is 6. The largest absolute Gasteiger partial charge is 0.462 e. The highest BCUT2D eigenvalue weighted by molar-refractivity contribution is 5.66. The summed E-state index contributed by atoms with van der Waals surface area (Å²) in [6.07, 6.45) is 14.5. The molecule has 2 heteroatoms. The van der Waals surface area contributed by atoms with Crippen molar-refractivity contribution in [3.05, 3.63) is 11.1 Å². The minimum absolute atomic E-state index is 0.0687. The molecule has 0 saturated heterocycles. The van der Waals surface area contributed by atoms with Crippen LogP contribution in [0.4, 0.5) is 0 Å². The van der Waals surface area contributed by atoms with Crippen molar-refractivity contribution in [2.24, 2.45) is 46.3 Å². The Hall–Kier alpha value is -0.790. The Morgan fingerprint density at radius 2 is 1.78 bits per heavy atom. The molecule has 4 aliphatic rings. The predicted octanol–water partition coefficient (Wildman–Crippen LogP) is 8.35. The minimum Gasteiger partial charge on any atom is -0.462 e. The summed E-state index contributed by atoms with van der Waals surface area (Å²) < 4.78 is 6.05. The van der Waals surface area contributed by atoms with E-state index in [1.165, 1.54) is 64.2 Å². The number of fused-ring (bicyclic) bond motifs is 4. The maximum atomic E-state index is 12.0. The van der Waals surface area contributed by atoms with Crippen LogP contribution in [0.5, 0.6) is 0 Å². The molecule has 0 aromatic heterocycles. The van der Waals surface area contributed by atoms with Gasteiger partial charge in [-0.15, -0.1) is 0 Å². The Morgan fingerprint density at radius 1 is 1.03 bits per heavy atom. The molecule has 0 radical (unpaired) electrons. The fraction of sp³-hybridized carbons (Fsp3) is 0.900. The van der Waals surface area contributed by atoms with Crippen molar-refractivity contribution in [1.29, 1.82) is 0 Å². The molecule has 0 N–H and O–H groups in total. The van der Waals surface area contributed by atoms with Gasteiger partial charge in [-0.1, -0.05) is 72.0 Å². The second kappa shape index (κ2) is 9.10. The van der Waals surface area contributed by atoms with Gasteiger partial charge in [0.1, 0.15) is 6.10 Å². The van der Waals surface area contributed by atoms with Gasteiger partial charge in [-0.3, -0.25) is 4.79 Å². The van der Waals surface area contributed by atoms with Gasteiger partial charge >= 0.3 is 5.97 Å². The highest BCUT2D eigenvalue weighted by Crippen LogP contribution is 2.66. The number of carbonyl (C=O) groups is 1. The first-order chi connectivity index (χ1) is 15.1. The molecular formula is C30H50O2. The Kier molecular flexibility index (Phi) is 6.92. The molecular weight excluding hydrogens is 392 g/mol. The number of hydrogen-bond acceptors (Lipinski definition) is 2. The summed E-state index contributed by atoms with van der Waals surface area (Å²) in [6, 6.07) is 0. The van der Waals surface area contributed by atoms with Gasteiger partial charge in [0.15, 0.2) is 0 Å². The predicted molar refractivity (Wildman–Crippen MR) is 133 cm³/mol. The van der Waals surface area contributed by atoms with E-state index in [9.17, 15) is 4.79 Å². The van der Waals surface area contributed by atoms with E-state index in [0.29, 0.717) is 11.3 Å². The average molecular weight is 443 g/mol. The van der Waals surface area contributed by atoms with E-state index in [0.717, 1.165) is 36.0 Å². The third-order valence-corrected chi connectivity index (χ3v) is 11.0. The van der Waals surface area contributed by atoms with Crippen LogP contribution in [-0.4, -0.2) is 12.1 Å². The molecule has 0 aromatic carbocycles. The van der Waals surface area contributed by atoms with Crippen molar-refractivity contribution < 1.29 is 9.53 Å². The number of carbonyl (C=O) groups excluding carboxylic acids is 1. The lowest BCUT2D eigenvalue weighted by Crippen LogP contribution is -2.53. The van der Waals surface area contributed by atoms with Crippen LogP contribution in [-0.2, 0) is 9.53 Å². The monoisotopic (exact) mass is 442 g/mol. The Bertz CT molecular complexity index is 735. The lowest BCUT2D eigenvalue weighted by Gasteiger charge is -2.58. The summed E-state index contributed by atoms with van der Waals surface area (Å²) in [7, 11) is 0. The van der Waals surface area contributed by atoms with Gasteiger partial charge < -0.3 is 4.74 Å². The molecule has 32 heavy (non-hydrogen) atoms. The first-order valence-corrected chi connectivity index (χ1v) is 14.0. The van der Waals surface area contributed by atoms with Crippen molar-refractivity contribution in [3.63, 3.8) is 0 Å². The number of hydrogen-bond donors (Lipinski definition) is 0. The molecule has 0 aliphatic heterocycles. The Balaban J connectivity index is 1.60. The van der Waals surface area contributed by atoms with Crippen molar-refractivity contribution in [1.82, 2.24) is 0 Å². The fourth-order valence-corrected chi connectivity index (χ4v) is 9.33. The minimum atomic E-state index is -0.0888. The summed E-state index contributed by atoms with van der Waals surface area (Å²) in [5.74, 6) is 4.67. The first-order valence-electron chi connectivity index (χ1n) is 14.0. The third kappa shape index (κ3) is 4.00. The number of esters is 1. The zero-order valence-corrected chi connectivity index (χ0v) is 22.1. The zero-order chi connectivity index (χ0) is 23.3. The second-order valence-electron chi connectivity index (χ2n) is 13.1. The molecule has 0 aromatic rings. The van der Waals surface area contributed by atoms with E-state index < -0.39 is 0 Å². The van der Waals surface area contributed by atoms with Crippen LogP contribution in [0.15, 0.2) is 11.1 Å². The van der Waals surface area contributed by atoms with Crippen LogP contribution in [0, 0.1) is 46.3 Å².